The van der Waals surface area contributed by atoms with E-state index in [1.165, 1.54) is 35.6 Å². The van der Waals surface area contributed by atoms with E-state index in [1.54, 1.807) is 24.3 Å². The lowest BCUT2D eigenvalue weighted by Gasteiger charge is -2.17. The molecule has 33 heavy (non-hydrogen) atoms. The first-order valence-electron chi connectivity index (χ1n) is 10.0. The molecule has 1 aromatic heterocycles. The molecule has 0 aliphatic rings. The summed E-state index contributed by atoms with van der Waals surface area (Å²) in [6.07, 6.45) is 0. The number of hydrogen-bond donors (Lipinski definition) is 2. The van der Waals surface area contributed by atoms with E-state index in [4.69, 9.17) is 10.2 Å². The second kappa shape index (κ2) is 8.89. The molecule has 0 saturated carbocycles. The van der Waals surface area contributed by atoms with Crippen molar-refractivity contribution < 1.29 is 22.4 Å². The summed E-state index contributed by atoms with van der Waals surface area (Å²) in [5.74, 6) is -1.51. The fourth-order valence-electron chi connectivity index (χ4n) is 3.41. The van der Waals surface area contributed by atoms with Gasteiger partial charge in [0.25, 0.3) is 11.8 Å². The maximum Gasteiger partial charge on any atom is 0.286 e. The van der Waals surface area contributed by atoms with Crippen LogP contribution in [0.3, 0.4) is 0 Å². The standard InChI is InChI=1S/C24H21N3O5S/c1-27(15-16-7-3-2-4-8-16)33(30,31)18-13-11-17(12-14-18)24(29)26-21-19-9-5-6-10-20(19)32-22(21)23(25)28/h2-14H,15H2,1H3,(H2,25,28)(H,26,29). The van der Waals surface area contributed by atoms with E-state index in [1.807, 2.05) is 30.3 Å². The number of rotatable bonds is 7. The van der Waals surface area contributed by atoms with Crippen LogP contribution in [0.5, 0.6) is 0 Å². The number of sulfonamides is 1. The highest BCUT2D eigenvalue weighted by molar-refractivity contribution is 7.89. The predicted octanol–water partition coefficient (Wildman–Crippen LogP) is 3.60. The number of furan rings is 1. The number of nitrogens with one attached hydrogen (secondary N) is 1. The summed E-state index contributed by atoms with van der Waals surface area (Å²) in [7, 11) is -2.25. The van der Waals surface area contributed by atoms with Gasteiger partial charge in [-0.05, 0) is 42.0 Å². The van der Waals surface area contributed by atoms with Gasteiger partial charge >= 0.3 is 0 Å². The number of amides is 2. The second-order valence-corrected chi connectivity index (χ2v) is 9.44. The van der Waals surface area contributed by atoms with Gasteiger partial charge in [-0.2, -0.15) is 4.31 Å². The van der Waals surface area contributed by atoms with E-state index in [9.17, 15) is 18.0 Å². The summed E-state index contributed by atoms with van der Waals surface area (Å²) in [5, 5.41) is 3.18. The first kappa shape index (κ1) is 22.3. The topological polar surface area (TPSA) is 123 Å². The van der Waals surface area contributed by atoms with Crippen molar-refractivity contribution in [2.45, 2.75) is 11.4 Å². The molecule has 0 spiro atoms. The molecule has 0 fully saturated rings. The van der Waals surface area contributed by atoms with Crippen LogP contribution in [0.2, 0.25) is 0 Å². The molecule has 8 nitrogen and oxygen atoms in total. The Kier molecular flexibility index (Phi) is 5.99. The first-order chi connectivity index (χ1) is 15.8. The lowest BCUT2D eigenvalue weighted by atomic mass is 10.2. The van der Waals surface area contributed by atoms with Gasteiger partial charge in [0.15, 0.2) is 0 Å². The van der Waals surface area contributed by atoms with E-state index in [-0.39, 0.29) is 28.5 Å². The zero-order valence-corrected chi connectivity index (χ0v) is 18.5. The monoisotopic (exact) mass is 463 g/mol. The Labute approximate surface area is 190 Å². The van der Waals surface area contributed by atoms with Crippen LogP contribution in [0.4, 0.5) is 5.69 Å². The van der Waals surface area contributed by atoms with Gasteiger partial charge in [-0.15, -0.1) is 0 Å². The Morgan fingerprint density at radius 2 is 1.58 bits per heavy atom. The molecule has 9 heteroatoms. The third-order valence-electron chi connectivity index (χ3n) is 5.13. The number of primary amides is 1. The molecule has 2 amide bonds. The van der Waals surface area contributed by atoms with Crippen LogP contribution in [-0.2, 0) is 16.6 Å². The van der Waals surface area contributed by atoms with Crippen LogP contribution >= 0.6 is 0 Å². The maximum absolute atomic E-state index is 12.9. The number of carbonyl (C=O) groups excluding carboxylic acids is 2. The van der Waals surface area contributed by atoms with Crippen molar-refractivity contribution in [1.82, 2.24) is 4.31 Å². The smallest absolute Gasteiger partial charge is 0.286 e. The Morgan fingerprint density at radius 1 is 0.939 bits per heavy atom. The summed E-state index contributed by atoms with van der Waals surface area (Å²) in [5.41, 5.74) is 7.03. The van der Waals surface area contributed by atoms with Gasteiger partial charge in [0.2, 0.25) is 15.8 Å². The lowest BCUT2D eigenvalue weighted by molar-refractivity contribution is 0.0977. The van der Waals surface area contributed by atoms with E-state index in [0.717, 1.165) is 5.56 Å². The van der Waals surface area contributed by atoms with Crippen LogP contribution in [0.25, 0.3) is 11.0 Å². The van der Waals surface area contributed by atoms with Crippen LogP contribution in [0.15, 0.2) is 88.2 Å². The average molecular weight is 464 g/mol. The minimum atomic E-state index is -3.75. The highest BCUT2D eigenvalue weighted by Gasteiger charge is 2.23. The van der Waals surface area contributed by atoms with Crippen molar-refractivity contribution in [3.63, 3.8) is 0 Å². The van der Waals surface area contributed by atoms with Crippen LogP contribution in [0.1, 0.15) is 26.5 Å². The van der Waals surface area contributed by atoms with Crippen molar-refractivity contribution >= 4 is 38.5 Å². The molecule has 3 aromatic carbocycles. The molecule has 0 unspecified atom stereocenters. The van der Waals surface area contributed by atoms with Crippen molar-refractivity contribution in [1.29, 1.82) is 0 Å². The third-order valence-corrected chi connectivity index (χ3v) is 6.95. The SMILES string of the molecule is CN(Cc1ccccc1)S(=O)(=O)c1ccc(C(=O)Nc2c(C(N)=O)oc3ccccc23)cc1. The van der Waals surface area contributed by atoms with E-state index in [0.29, 0.717) is 11.0 Å². The van der Waals surface area contributed by atoms with Gasteiger partial charge in [-0.3, -0.25) is 9.59 Å². The fourth-order valence-corrected chi connectivity index (χ4v) is 4.57. The van der Waals surface area contributed by atoms with Crippen molar-refractivity contribution in [2.75, 3.05) is 12.4 Å². The predicted molar refractivity (Wildman–Crippen MR) is 124 cm³/mol. The summed E-state index contributed by atoms with van der Waals surface area (Å²) in [6, 6.07) is 21.6. The van der Waals surface area contributed by atoms with E-state index >= 15 is 0 Å². The molecule has 4 rings (SSSR count). The van der Waals surface area contributed by atoms with Crippen molar-refractivity contribution in [3.8, 4) is 0 Å². The number of nitrogens with zero attached hydrogens (tertiary/aromatic N) is 1. The summed E-state index contributed by atoms with van der Waals surface area (Å²) < 4.78 is 32.5. The number of anilines is 1. The van der Waals surface area contributed by atoms with Gasteiger partial charge < -0.3 is 15.5 Å². The Hall–Kier alpha value is -3.95. The van der Waals surface area contributed by atoms with Gasteiger partial charge in [-0.25, -0.2) is 8.42 Å². The third kappa shape index (κ3) is 4.50. The molecule has 0 aliphatic heterocycles. The van der Waals surface area contributed by atoms with Crippen molar-refractivity contribution in [2.24, 2.45) is 5.73 Å². The molecule has 0 aliphatic carbocycles. The van der Waals surface area contributed by atoms with E-state index in [2.05, 4.69) is 5.32 Å². The fraction of sp³-hybridized carbons (Fsp3) is 0.0833. The molecule has 0 saturated heterocycles. The Bertz CT molecular complexity index is 1430. The minimum Gasteiger partial charge on any atom is -0.449 e. The maximum atomic E-state index is 12.9. The first-order valence-corrected chi connectivity index (χ1v) is 11.4. The van der Waals surface area contributed by atoms with E-state index < -0.39 is 21.8 Å². The van der Waals surface area contributed by atoms with Crippen molar-refractivity contribution in [3.05, 3.63) is 95.7 Å². The Balaban J connectivity index is 1.55. The van der Waals surface area contributed by atoms with Crippen LogP contribution in [-0.4, -0.2) is 31.6 Å². The largest absolute Gasteiger partial charge is 0.449 e. The number of fused-ring (bicyclic) bond motifs is 1. The molecule has 1 heterocycles. The number of para-hydroxylation sites is 1. The molecule has 3 N–H and O–H groups in total. The van der Waals surface area contributed by atoms with Crippen LogP contribution in [0, 0.1) is 0 Å². The highest BCUT2D eigenvalue weighted by atomic mass is 32.2. The highest BCUT2D eigenvalue weighted by Crippen LogP contribution is 2.31. The van der Waals surface area contributed by atoms with Gasteiger partial charge in [0, 0.05) is 24.5 Å². The number of hydrogen-bond acceptors (Lipinski definition) is 5. The molecule has 4 aromatic rings. The lowest BCUT2D eigenvalue weighted by Crippen LogP contribution is -2.26. The van der Waals surface area contributed by atoms with Crippen LogP contribution < -0.4 is 11.1 Å². The second-order valence-electron chi connectivity index (χ2n) is 7.39. The summed E-state index contributed by atoms with van der Waals surface area (Å²) >= 11 is 0. The number of nitrogens with two attached hydrogens (primary N) is 1. The number of benzene rings is 3. The zero-order valence-electron chi connectivity index (χ0n) is 17.7. The quantitative estimate of drug-likeness (QED) is 0.433. The molecule has 0 atom stereocenters. The molecular weight excluding hydrogens is 442 g/mol. The van der Waals surface area contributed by atoms with Gasteiger partial charge in [0.05, 0.1) is 4.90 Å². The minimum absolute atomic E-state index is 0.0593. The number of carbonyl (C=O) groups is 2. The molecule has 0 bridgehead atoms. The molecular formula is C24H21N3O5S. The van der Waals surface area contributed by atoms with Gasteiger partial charge in [0.1, 0.15) is 11.3 Å². The molecule has 0 radical (unpaired) electrons. The molecule has 168 valence electrons. The average Bonchev–Trinajstić information content (AvgIpc) is 3.18. The summed E-state index contributed by atoms with van der Waals surface area (Å²) in [6.45, 7) is 0.217. The zero-order chi connectivity index (χ0) is 23.6. The normalized spacial score (nSPS) is 11.6. The summed E-state index contributed by atoms with van der Waals surface area (Å²) in [4.78, 5) is 24.6. The Morgan fingerprint density at radius 3 is 2.24 bits per heavy atom. The van der Waals surface area contributed by atoms with Gasteiger partial charge in [-0.1, -0.05) is 42.5 Å².